The van der Waals surface area contributed by atoms with E-state index in [-0.39, 0.29) is 30.7 Å². The average molecular weight is 325 g/mol. The monoisotopic (exact) mass is 324 g/mol. The van der Waals surface area contributed by atoms with Gasteiger partial charge in [-0.15, -0.1) is 12.4 Å². The number of piperazine rings is 1. The predicted octanol–water partition coefficient (Wildman–Crippen LogP) is 3.52. The first-order valence-electron chi connectivity index (χ1n) is 6.60. The molecule has 0 aromatic heterocycles. The Hall–Kier alpha value is -0.420. The van der Waals surface area contributed by atoms with Crippen LogP contribution in [0.25, 0.3) is 0 Å². The molecule has 0 radical (unpaired) electrons. The van der Waals surface area contributed by atoms with Gasteiger partial charge >= 0.3 is 0 Å². The molecule has 1 aliphatic rings. The average Bonchev–Trinajstić information content (AvgIpc) is 2.43. The van der Waals surface area contributed by atoms with Crippen LogP contribution in [0.3, 0.4) is 0 Å². The van der Waals surface area contributed by atoms with E-state index in [4.69, 9.17) is 11.6 Å². The molecular weight excluding hydrogens is 305 g/mol. The molecule has 1 saturated heterocycles. The fourth-order valence-electron chi connectivity index (χ4n) is 2.59. The fourth-order valence-corrected chi connectivity index (χ4v) is 2.86. The number of hydrogen-bond acceptors (Lipinski definition) is 2. The maximum atomic E-state index is 14.3. The molecule has 2 nitrogen and oxygen atoms in total. The molecule has 1 fully saturated rings. The minimum absolute atomic E-state index is 0. The van der Waals surface area contributed by atoms with Crippen molar-refractivity contribution < 1.29 is 8.78 Å². The fraction of sp³-hybridized carbons (Fsp3) is 0.571. The van der Waals surface area contributed by atoms with Crippen LogP contribution in [0.5, 0.6) is 0 Å². The highest BCUT2D eigenvalue weighted by Crippen LogP contribution is 2.34. The Morgan fingerprint density at radius 3 is 2.60 bits per heavy atom. The van der Waals surface area contributed by atoms with E-state index in [0.717, 1.165) is 26.2 Å². The quantitative estimate of drug-likeness (QED) is 0.911. The number of rotatable bonds is 4. The molecule has 1 atom stereocenters. The summed E-state index contributed by atoms with van der Waals surface area (Å²) in [5, 5.41) is 3.63. The molecule has 1 heterocycles. The number of benzene rings is 1. The smallest absolute Gasteiger partial charge is 0.132 e. The van der Waals surface area contributed by atoms with Crippen LogP contribution in [0.15, 0.2) is 12.1 Å². The van der Waals surface area contributed by atoms with Crippen molar-refractivity contribution in [3.8, 4) is 0 Å². The summed E-state index contributed by atoms with van der Waals surface area (Å²) in [6.07, 6.45) is 0.278. The number of nitrogens with one attached hydrogen (secondary N) is 1. The first kappa shape index (κ1) is 17.6. The number of nitrogens with zero attached hydrogens (tertiary/aromatic N) is 1. The predicted molar refractivity (Wildman–Crippen MR) is 81.2 cm³/mol. The minimum Gasteiger partial charge on any atom is -0.314 e. The molecule has 1 aromatic carbocycles. The molecule has 0 unspecified atom stereocenters. The van der Waals surface area contributed by atoms with E-state index in [9.17, 15) is 8.78 Å². The van der Waals surface area contributed by atoms with Crippen LogP contribution in [0.1, 0.15) is 23.6 Å². The lowest BCUT2D eigenvalue weighted by atomic mass is 9.98. The summed E-state index contributed by atoms with van der Waals surface area (Å²) in [5.41, 5.74) is 1.000. The molecule has 1 aliphatic heterocycles. The molecule has 114 valence electrons. The third kappa shape index (κ3) is 3.82. The lowest BCUT2D eigenvalue weighted by Gasteiger charge is -2.35. The van der Waals surface area contributed by atoms with Crippen molar-refractivity contribution in [2.24, 2.45) is 0 Å². The SMILES string of the molecule is Cc1ccc(Cl)c([C@@H](CCF)N2CCNCC2)c1F.Cl. The molecule has 20 heavy (non-hydrogen) atoms. The van der Waals surface area contributed by atoms with Crippen LogP contribution < -0.4 is 5.32 Å². The first-order chi connectivity index (χ1) is 9.15. The van der Waals surface area contributed by atoms with Crippen molar-refractivity contribution in [1.29, 1.82) is 0 Å². The van der Waals surface area contributed by atoms with E-state index in [1.807, 2.05) is 0 Å². The Morgan fingerprint density at radius 2 is 2.00 bits per heavy atom. The van der Waals surface area contributed by atoms with Gasteiger partial charge in [0.15, 0.2) is 0 Å². The number of halogens is 4. The lowest BCUT2D eigenvalue weighted by molar-refractivity contribution is 0.154. The van der Waals surface area contributed by atoms with E-state index in [1.54, 1.807) is 19.1 Å². The van der Waals surface area contributed by atoms with E-state index < -0.39 is 6.67 Å². The van der Waals surface area contributed by atoms with E-state index in [2.05, 4.69) is 10.2 Å². The summed E-state index contributed by atoms with van der Waals surface area (Å²) in [4.78, 5) is 2.11. The van der Waals surface area contributed by atoms with E-state index in [1.165, 1.54) is 0 Å². The minimum atomic E-state index is -0.474. The molecule has 2 rings (SSSR count). The molecule has 0 spiro atoms. The highest BCUT2D eigenvalue weighted by molar-refractivity contribution is 6.31. The van der Waals surface area contributed by atoms with Crippen LogP contribution in [-0.4, -0.2) is 37.8 Å². The Labute approximate surface area is 129 Å². The van der Waals surface area contributed by atoms with Crippen molar-refractivity contribution >= 4 is 24.0 Å². The lowest BCUT2D eigenvalue weighted by Crippen LogP contribution is -2.45. The van der Waals surface area contributed by atoms with Gasteiger partial charge in [-0.1, -0.05) is 17.7 Å². The van der Waals surface area contributed by atoms with Crippen LogP contribution >= 0.6 is 24.0 Å². The van der Waals surface area contributed by atoms with Gasteiger partial charge in [-0.05, 0) is 25.0 Å². The van der Waals surface area contributed by atoms with Crippen molar-refractivity contribution in [2.45, 2.75) is 19.4 Å². The third-order valence-electron chi connectivity index (χ3n) is 3.63. The molecule has 6 heteroatoms. The van der Waals surface area contributed by atoms with Gasteiger partial charge in [0.25, 0.3) is 0 Å². The summed E-state index contributed by atoms with van der Waals surface area (Å²) in [6.45, 7) is 4.49. The molecule has 0 amide bonds. The Morgan fingerprint density at radius 1 is 1.35 bits per heavy atom. The Kier molecular flexibility index (Phi) is 7.17. The topological polar surface area (TPSA) is 15.3 Å². The van der Waals surface area contributed by atoms with Crippen LogP contribution in [0.4, 0.5) is 8.78 Å². The first-order valence-corrected chi connectivity index (χ1v) is 6.98. The summed E-state index contributed by atoms with van der Waals surface area (Å²) >= 11 is 6.15. The molecule has 1 N–H and O–H groups in total. The van der Waals surface area contributed by atoms with Crippen molar-refractivity contribution in [1.82, 2.24) is 10.2 Å². The summed E-state index contributed by atoms with van der Waals surface area (Å²) in [5.74, 6) is -0.301. The molecule has 0 aliphatic carbocycles. The van der Waals surface area contributed by atoms with Gasteiger partial charge < -0.3 is 5.32 Å². The number of aryl methyl sites for hydroxylation is 1. The molecular formula is C14H20Cl2F2N2. The molecule has 0 saturated carbocycles. The highest BCUT2D eigenvalue weighted by Gasteiger charge is 2.27. The zero-order chi connectivity index (χ0) is 13.8. The Bertz CT molecular complexity index is 437. The largest absolute Gasteiger partial charge is 0.314 e. The van der Waals surface area contributed by atoms with Gasteiger partial charge in [0.2, 0.25) is 0 Å². The van der Waals surface area contributed by atoms with Gasteiger partial charge in [0, 0.05) is 42.8 Å². The zero-order valence-corrected chi connectivity index (χ0v) is 13.0. The normalized spacial score (nSPS) is 17.6. The maximum Gasteiger partial charge on any atom is 0.132 e. The van der Waals surface area contributed by atoms with Crippen molar-refractivity contribution in [2.75, 3.05) is 32.9 Å². The van der Waals surface area contributed by atoms with Crippen molar-refractivity contribution in [3.63, 3.8) is 0 Å². The summed E-state index contributed by atoms with van der Waals surface area (Å²) in [6, 6.07) is 3.08. The summed E-state index contributed by atoms with van der Waals surface area (Å²) < 4.78 is 27.2. The van der Waals surface area contributed by atoms with Gasteiger partial charge in [0.05, 0.1) is 6.67 Å². The van der Waals surface area contributed by atoms with Gasteiger partial charge in [-0.2, -0.15) is 0 Å². The standard InChI is InChI=1S/C14H19ClF2N2.ClH/c1-10-2-3-11(15)13(14(10)17)12(4-5-16)19-8-6-18-7-9-19;/h2-3,12,18H,4-9H2,1H3;1H/t12-;/m1./s1. The number of hydrogen-bond donors (Lipinski definition) is 1. The number of alkyl halides is 1. The second-order valence-electron chi connectivity index (χ2n) is 4.87. The second kappa shape index (κ2) is 8.13. The Balaban J connectivity index is 0.00000200. The van der Waals surface area contributed by atoms with Gasteiger partial charge in [-0.3, -0.25) is 9.29 Å². The van der Waals surface area contributed by atoms with Gasteiger partial charge in [-0.25, -0.2) is 4.39 Å². The third-order valence-corrected chi connectivity index (χ3v) is 3.96. The zero-order valence-electron chi connectivity index (χ0n) is 11.5. The molecule has 1 aromatic rings. The van der Waals surface area contributed by atoms with E-state index in [0.29, 0.717) is 16.1 Å². The maximum absolute atomic E-state index is 14.3. The summed E-state index contributed by atoms with van der Waals surface area (Å²) in [7, 11) is 0. The van der Waals surface area contributed by atoms with Crippen molar-refractivity contribution in [3.05, 3.63) is 34.1 Å². The van der Waals surface area contributed by atoms with Crippen LogP contribution in [0.2, 0.25) is 5.02 Å². The molecule has 0 bridgehead atoms. The highest BCUT2D eigenvalue weighted by atomic mass is 35.5. The second-order valence-corrected chi connectivity index (χ2v) is 5.28. The van der Waals surface area contributed by atoms with E-state index >= 15 is 0 Å². The van der Waals surface area contributed by atoms with Crippen LogP contribution in [0, 0.1) is 12.7 Å². The van der Waals surface area contributed by atoms with Gasteiger partial charge in [0.1, 0.15) is 5.82 Å². The van der Waals surface area contributed by atoms with Crippen LogP contribution in [-0.2, 0) is 0 Å².